The first kappa shape index (κ1) is 18.5. The maximum atomic E-state index is 13.4. The monoisotopic (exact) mass is 350 g/mol. The molecule has 0 radical (unpaired) electrons. The lowest BCUT2D eigenvalue weighted by atomic mass is 9.75. The first-order valence-corrected chi connectivity index (χ1v) is 9.96. The Bertz CT molecular complexity index is 504. The number of hydrogen-bond donors (Lipinski definition) is 1. The highest BCUT2D eigenvalue weighted by Crippen LogP contribution is 2.44. The highest BCUT2D eigenvalue weighted by molar-refractivity contribution is 5.84. The maximum Gasteiger partial charge on any atom is 0.317 e. The van der Waals surface area contributed by atoms with Crippen molar-refractivity contribution >= 4 is 11.9 Å². The quantitative estimate of drug-likeness (QED) is 0.844. The van der Waals surface area contributed by atoms with Gasteiger partial charge in [0.15, 0.2) is 0 Å². The zero-order valence-electron chi connectivity index (χ0n) is 16.1. The lowest BCUT2D eigenvalue weighted by Crippen LogP contribution is -2.49. The Morgan fingerprint density at radius 1 is 1.04 bits per heavy atom. The van der Waals surface area contributed by atoms with Gasteiger partial charge in [0.1, 0.15) is 0 Å². The van der Waals surface area contributed by atoms with Crippen LogP contribution in [0.15, 0.2) is 0 Å². The maximum absolute atomic E-state index is 13.4. The molecule has 0 spiro atoms. The number of nitrogens with zero attached hydrogens (tertiary/aromatic N) is 3. The largest absolute Gasteiger partial charge is 0.342 e. The van der Waals surface area contributed by atoms with Gasteiger partial charge in [-0.25, -0.2) is 4.79 Å². The molecule has 0 aromatic rings. The molecule has 3 fully saturated rings. The van der Waals surface area contributed by atoms with Gasteiger partial charge in [-0.15, -0.1) is 0 Å². The van der Waals surface area contributed by atoms with Crippen molar-refractivity contribution in [1.82, 2.24) is 20.0 Å². The summed E-state index contributed by atoms with van der Waals surface area (Å²) in [5, 5.41) is 3.03. The van der Waals surface area contributed by atoms with Gasteiger partial charge in [-0.3, -0.25) is 4.79 Å². The van der Waals surface area contributed by atoms with Gasteiger partial charge in [0.25, 0.3) is 0 Å². The molecule has 0 bridgehead atoms. The fourth-order valence-corrected chi connectivity index (χ4v) is 4.83. The van der Waals surface area contributed by atoms with Crippen molar-refractivity contribution < 1.29 is 9.59 Å². The first-order chi connectivity index (χ1) is 11.9. The summed E-state index contributed by atoms with van der Waals surface area (Å²) >= 11 is 0. The molecule has 6 heteroatoms. The van der Waals surface area contributed by atoms with E-state index >= 15 is 0 Å². The molecule has 0 saturated carbocycles. The molecule has 0 unspecified atom stereocenters. The van der Waals surface area contributed by atoms with Crippen LogP contribution in [0.2, 0.25) is 0 Å². The van der Waals surface area contributed by atoms with Crippen LogP contribution in [0.4, 0.5) is 4.79 Å². The molecule has 3 aliphatic heterocycles. The van der Waals surface area contributed by atoms with E-state index < -0.39 is 0 Å². The van der Waals surface area contributed by atoms with Crippen LogP contribution in [0, 0.1) is 11.3 Å². The predicted molar refractivity (Wildman–Crippen MR) is 98.3 cm³/mol. The minimum absolute atomic E-state index is 0.0279. The molecule has 25 heavy (non-hydrogen) atoms. The zero-order valence-corrected chi connectivity index (χ0v) is 16.1. The molecule has 3 aliphatic rings. The number of fused-ring (bicyclic) bond motifs is 1. The highest BCUT2D eigenvalue weighted by atomic mass is 16.2. The van der Waals surface area contributed by atoms with Gasteiger partial charge >= 0.3 is 6.03 Å². The number of urea groups is 1. The molecule has 1 N–H and O–H groups in total. The van der Waals surface area contributed by atoms with E-state index in [2.05, 4.69) is 36.0 Å². The molecule has 142 valence electrons. The van der Waals surface area contributed by atoms with Crippen molar-refractivity contribution in [1.29, 1.82) is 0 Å². The average Bonchev–Trinajstić information content (AvgIpc) is 3.17. The Kier molecular flexibility index (Phi) is 5.56. The number of hydrogen-bond acceptors (Lipinski definition) is 3. The summed E-state index contributed by atoms with van der Waals surface area (Å²) in [5.41, 5.74) is -0.286. The number of rotatable bonds is 3. The van der Waals surface area contributed by atoms with Crippen LogP contribution in [0.25, 0.3) is 0 Å². The molecule has 3 heterocycles. The summed E-state index contributed by atoms with van der Waals surface area (Å²) in [6.45, 7) is 9.16. The van der Waals surface area contributed by atoms with E-state index in [1.54, 1.807) is 0 Å². The number of carbonyl (C=O) groups excluding carboxylic acids is 2. The lowest BCUT2D eigenvalue weighted by Gasteiger charge is -2.37. The standard InChI is InChI=1S/C19H34N4O2/c1-15(2)14-20-18(25)23-11-6-16-19(8-13-23,7-12-21(16)3)17(24)22-9-4-5-10-22/h15-16H,4-14H2,1-3H3,(H,20,25)/t16-,19-/m1/s1. The summed E-state index contributed by atoms with van der Waals surface area (Å²) in [6.07, 6.45) is 4.89. The Morgan fingerprint density at radius 2 is 1.72 bits per heavy atom. The molecule has 3 amide bonds. The van der Waals surface area contributed by atoms with Crippen molar-refractivity contribution in [2.45, 2.75) is 52.0 Å². The van der Waals surface area contributed by atoms with Gasteiger partial charge in [0.05, 0.1) is 5.41 Å². The van der Waals surface area contributed by atoms with Gasteiger partial charge < -0.3 is 20.0 Å². The van der Waals surface area contributed by atoms with Crippen LogP contribution in [0.5, 0.6) is 0 Å². The second-order valence-corrected chi connectivity index (χ2v) is 8.51. The summed E-state index contributed by atoms with van der Waals surface area (Å²) in [4.78, 5) is 32.2. The molecule has 0 aliphatic carbocycles. The topological polar surface area (TPSA) is 55.9 Å². The third-order valence-corrected chi connectivity index (χ3v) is 6.35. The number of carbonyl (C=O) groups is 2. The van der Waals surface area contributed by atoms with E-state index in [9.17, 15) is 9.59 Å². The number of amides is 3. The van der Waals surface area contributed by atoms with E-state index in [-0.39, 0.29) is 17.5 Å². The minimum Gasteiger partial charge on any atom is -0.342 e. The van der Waals surface area contributed by atoms with Crippen molar-refractivity contribution in [2.75, 3.05) is 46.3 Å². The van der Waals surface area contributed by atoms with E-state index in [1.165, 1.54) is 0 Å². The third-order valence-electron chi connectivity index (χ3n) is 6.35. The molecule has 0 aromatic carbocycles. The van der Waals surface area contributed by atoms with E-state index in [4.69, 9.17) is 0 Å². The predicted octanol–water partition coefficient (Wildman–Crippen LogP) is 1.76. The summed E-state index contributed by atoms with van der Waals surface area (Å²) in [7, 11) is 2.14. The van der Waals surface area contributed by atoms with Gasteiger partial charge in [0.2, 0.25) is 5.91 Å². The minimum atomic E-state index is -0.286. The second-order valence-electron chi connectivity index (χ2n) is 8.51. The molecule has 2 atom stereocenters. The van der Waals surface area contributed by atoms with E-state index in [1.807, 2.05) is 4.90 Å². The fraction of sp³-hybridized carbons (Fsp3) is 0.895. The highest BCUT2D eigenvalue weighted by Gasteiger charge is 2.54. The number of likely N-dealkylation sites (tertiary alicyclic amines) is 3. The Morgan fingerprint density at radius 3 is 2.40 bits per heavy atom. The molecule has 6 nitrogen and oxygen atoms in total. The molecule has 3 rings (SSSR count). The van der Waals surface area contributed by atoms with Crippen LogP contribution < -0.4 is 5.32 Å². The fourth-order valence-electron chi connectivity index (χ4n) is 4.83. The van der Waals surface area contributed by atoms with Gasteiger partial charge in [-0.1, -0.05) is 13.8 Å². The summed E-state index contributed by atoms with van der Waals surface area (Å²) in [5.74, 6) is 0.799. The van der Waals surface area contributed by atoms with Crippen molar-refractivity contribution in [3.8, 4) is 0 Å². The van der Waals surface area contributed by atoms with Crippen LogP contribution in [0.3, 0.4) is 0 Å². The average molecular weight is 351 g/mol. The van der Waals surface area contributed by atoms with Gasteiger partial charge in [0, 0.05) is 38.8 Å². The molecular weight excluding hydrogens is 316 g/mol. The third kappa shape index (κ3) is 3.64. The van der Waals surface area contributed by atoms with Crippen LogP contribution in [0.1, 0.15) is 46.0 Å². The Hall–Kier alpha value is -1.30. The number of nitrogens with one attached hydrogen (secondary N) is 1. The summed E-state index contributed by atoms with van der Waals surface area (Å²) in [6, 6.07) is 0.295. The summed E-state index contributed by atoms with van der Waals surface area (Å²) < 4.78 is 0. The second kappa shape index (κ2) is 7.52. The lowest BCUT2D eigenvalue weighted by molar-refractivity contribution is -0.142. The van der Waals surface area contributed by atoms with Crippen molar-refractivity contribution in [3.05, 3.63) is 0 Å². The van der Waals surface area contributed by atoms with Crippen molar-refractivity contribution in [2.24, 2.45) is 11.3 Å². The molecule has 0 aromatic heterocycles. The first-order valence-electron chi connectivity index (χ1n) is 9.96. The molecular formula is C19H34N4O2. The Labute approximate surface area is 151 Å². The van der Waals surface area contributed by atoms with E-state index in [0.717, 1.165) is 58.3 Å². The zero-order chi connectivity index (χ0) is 18.0. The van der Waals surface area contributed by atoms with Crippen LogP contribution >= 0.6 is 0 Å². The molecule has 3 saturated heterocycles. The van der Waals surface area contributed by atoms with E-state index in [0.29, 0.717) is 24.9 Å². The smallest absolute Gasteiger partial charge is 0.317 e. The Balaban J connectivity index is 1.72. The van der Waals surface area contributed by atoms with Crippen LogP contribution in [-0.4, -0.2) is 79.0 Å². The van der Waals surface area contributed by atoms with Gasteiger partial charge in [-0.05, 0) is 51.6 Å². The SMILES string of the molecule is CC(C)CNC(=O)N1CC[C@H]2N(C)CC[C@@]2(C(=O)N2CCCC2)CC1. The normalized spacial score (nSPS) is 30.5. The van der Waals surface area contributed by atoms with Crippen LogP contribution in [-0.2, 0) is 4.79 Å². The van der Waals surface area contributed by atoms with Gasteiger partial charge in [-0.2, -0.15) is 0 Å². The van der Waals surface area contributed by atoms with Crippen molar-refractivity contribution in [3.63, 3.8) is 0 Å².